The molecule has 0 atom stereocenters. The van der Waals surface area contributed by atoms with E-state index in [4.69, 9.17) is 0 Å². The zero-order valence-electron chi connectivity index (χ0n) is 9.74. The molecule has 86 valence electrons. The second kappa shape index (κ2) is 5.66. The van der Waals surface area contributed by atoms with E-state index >= 15 is 0 Å². The lowest BCUT2D eigenvalue weighted by Crippen LogP contribution is -2.35. The molecule has 0 bridgehead atoms. The molecule has 1 aromatic heterocycles. The highest BCUT2D eigenvalue weighted by Gasteiger charge is 2.12. The first-order valence-corrected chi connectivity index (χ1v) is 5.94. The molecule has 0 saturated carbocycles. The second-order valence-corrected chi connectivity index (χ2v) is 4.14. The molecule has 0 spiro atoms. The molecule has 0 unspecified atom stereocenters. The van der Waals surface area contributed by atoms with Gasteiger partial charge in [0.05, 0.1) is 0 Å². The molecule has 1 fully saturated rings. The van der Waals surface area contributed by atoms with Crippen molar-refractivity contribution in [2.24, 2.45) is 0 Å². The van der Waals surface area contributed by atoms with Crippen LogP contribution in [0, 0.1) is 0 Å². The number of pyridine rings is 1. The SMILES string of the molecule is C/C=C\c1ccnc(NC2CCNCC2)c1. The van der Waals surface area contributed by atoms with Gasteiger partial charge in [-0.15, -0.1) is 0 Å². The first-order valence-electron chi connectivity index (χ1n) is 5.94. The van der Waals surface area contributed by atoms with Crippen molar-refractivity contribution in [2.45, 2.75) is 25.8 Å². The zero-order valence-corrected chi connectivity index (χ0v) is 9.74. The summed E-state index contributed by atoms with van der Waals surface area (Å²) in [7, 11) is 0. The Morgan fingerprint density at radius 1 is 1.44 bits per heavy atom. The maximum atomic E-state index is 4.35. The molecule has 0 aromatic carbocycles. The van der Waals surface area contributed by atoms with Crippen molar-refractivity contribution in [1.82, 2.24) is 10.3 Å². The van der Waals surface area contributed by atoms with Gasteiger partial charge in [0.25, 0.3) is 0 Å². The van der Waals surface area contributed by atoms with Gasteiger partial charge in [0.2, 0.25) is 0 Å². The van der Waals surface area contributed by atoms with E-state index < -0.39 is 0 Å². The molecule has 1 saturated heterocycles. The van der Waals surface area contributed by atoms with Crippen LogP contribution in [0.4, 0.5) is 5.82 Å². The Bertz CT molecular complexity index is 354. The van der Waals surface area contributed by atoms with E-state index in [1.165, 1.54) is 18.4 Å². The summed E-state index contributed by atoms with van der Waals surface area (Å²) < 4.78 is 0. The topological polar surface area (TPSA) is 37.0 Å². The Hall–Kier alpha value is -1.35. The molecule has 0 amide bonds. The van der Waals surface area contributed by atoms with Gasteiger partial charge in [-0.1, -0.05) is 12.2 Å². The Kier molecular flexibility index (Phi) is 3.94. The van der Waals surface area contributed by atoms with Crippen molar-refractivity contribution >= 4 is 11.9 Å². The van der Waals surface area contributed by atoms with Crippen LogP contribution in [0.15, 0.2) is 24.4 Å². The number of nitrogens with zero attached hydrogens (tertiary/aromatic N) is 1. The smallest absolute Gasteiger partial charge is 0.126 e. The summed E-state index contributed by atoms with van der Waals surface area (Å²) >= 11 is 0. The van der Waals surface area contributed by atoms with E-state index in [2.05, 4.69) is 27.8 Å². The lowest BCUT2D eigenvalue weighted by atomic mass is 10.1. The molecule has 0 radical (unpaired) electrons. The van der Waals surface area contributed by atoms with Crippen LogP contribution in [0.3, 0.4) is 0 Å². The van der Waals surface area contributed by atoms with Gasteiger partial charge >= 0.3 is 0 Å². The second-order valence-electron chi connectivity index (χ2n) is 4.14. The number of hydrogen-bond acceptors (Lipinski definition) is 3. The molecule has 2 rings (SSSR count). The van der Waals surface area contributed by atoms with Crippen LogP contribution in [0.5, 0.6) is 0 Å². The average Bonchev–Trinajstić information content (AvgIpc) is 2.31. The van der Waals surface area contributed by atoms with Crippen LogP contribution >= 0.6 is 0 Å². The minimum atomic E-state index is 0.564. The summed E-state index contributed by atoms with van der Waals surface area (Å²) in [6.07, 6.45) is 8.35. The molecule has 16 heavy (non-hydrogen) atoms. The summed E-state index contributed by atoms with van der Waals surface area (Å²) in [6.45, 7) is 4.23. The zero-order chi connectivity index (χ0) is 11.2. The first kappa shape index (κ1) is 11.1. The van der Waals surface area contributed by atoms with Gasteiger partial charge in [0.1, 0.15) is 5.82 Å². The maximum Gasteiger partial charge on any atom is 0.126 e. The van der Waals surface area contributed by atoms with Crippen molar-refractivity contribution in [3.63, 3.8) is 0 Å². The highest BCUT2D eigenvalue weighted by Crippen LogP contribution is 2.13. The van der Waals surface area contributed by atoms with Gasteiger partial charge in [-0.05, 0) is 50.6 Å². The van der Waals surface area contributed by atoms with Crippen LogP contribution < -0.4 is 10.6 Å². The van der Waals surface area contributed by atoms with Gasteiger partial charge < -0.3 is 10.6 Å². The van der Waals surface area contributed by atoms with Crippen LogP contribution in [0.2, 0.25) is 0 Å². The number of anilines is 1. The monoisotopic (exact) mass is 217 g/mol. The molecular weight excluding hydrogens is 198 g/mol. The van der Waals surface area contributed by atoms with E-state index in [0.29, 0.717) is 6.04 Å². The molecule has 1 aliphatic rings. The van der Waals surface area contributed by atoms with E-state index in [9.17, 15) is 0 Å². The van der Waals surface area contributed by atoms with Crippen molar-refractivity contribution in [1.29, 1.82) is 0 Å². The molecule has 1 aliphatic heterocycles. The Labute approximate surface area is 97.0 Å². The molecule has 3 heteroatoms. The lowest BCUT2D eigenvalue weighted by Gasteiger charge is -2.24. The summed E-state index contributed by atoms with van der Waals surface area (Å²) in [6, 6.07) is 4.69. The minimum Gasteiger partial charge on any atom is -0.367 e. The van der Waals surface area contributed by atoms with Crippen LogP contribution in [0.1, 0.15) is 25.3 Å². The Balaban J connectivity index is 1.99. The highest BCUT2D eigenvalue weighted by atomic mass is 15.0. The number of allylic oxidation sites excluding steroid dienone is 1. The fraction of sp³-hybridized carbons (Fsp3) is 0.462. The van der Waals surface area contributed by atoms with Gasteiger partial charge in [-0.3, -0.25) is 0 Å². The number of rotatable bonds is 3. The number of aromatic nitrogens is 1. The molecule has 2 heterocycles. The minimum absolute atomic E-state index is 0.564. The van der Waals surface area contributed by atoms with Gasteiger partial charge in [0.15, 0.2) is 0 Å². The van der Waals surface area contributed by atoms with Crippen molar-refractivity contribution in [3.8, 4) is 0 Å². The summed E-state index contributed by atoms with van der Waals surface area (Å²) in [4.78, 5) is 4.35. The Morgan fingerprint density at radius 3 is 3.00 bits per heavy atom. The Morgan fingerprint density at radius 2 is 2.25 bits per heavy atom. The van der Waals surface area contributed by atoms with Crippen LogP contribution in [-0.4, -0.2) is 24.1 Å². The van der Waals surface area contributed by atoms with Gasteiger partial charge in [-0.25, -0.2) is 4.98 Å². The normalized spacial score (nSPS) is 17.8. The number of hydrogen-bond donors (Lipinski definition) is 2. The van der Waals surface area contributed by atoms with Gasteiger partial charge in [-0.2, -0.15) is 0 Å². The third-order valence-electron chi connectivity index (χ3n) is 2.83. The molecule has 3 nitrogen and oxygen atoms in total. The maximum absolute atomic E-state index is 4.35. The third kappa shape index (κ3) is 3.07. The van der Waals surface area contributed by atoms with Crippen molar-refractivity contribution in [3.05, 3.63) is 30.0 Å². The standard InChI is InChI=1S/C13H19N3/c1-2-3-11-4-9-15-13(10-11)16-12-5-7-14-8-6-12/h2-4,9-10,12,14H,5-8H2,1H3,(H,15,16)/b3-2-. The molecule has 2 N–H and O–H groups in total. The fourth-order valence-corrected chi connectivity index (χ4v) is 2.00. The van der Waals surface area contributed by atoms with Crippen molar-refractivity contribution < 1.29 is 0 Å². The first-order chi connectivity index (χ1) is 7.88. The predicted molar refractivity (Wildman–Crippen MR) is 68.5 cm³/mol. The van der Waals surface area contributed by atoms with E-state index in [1.807, 2.05) is 25.3 Å². The summed E-state index contributed by atoms with van der Waals surface area (Å²) in [5, 5.41) is 6.86. The van der Waals surface area contributed by atoms with Crippen molar-refractivity contribution in [2.75, 3.05) is 18.4 Å². The number of piperidine rings is 1. The van der Waals surface area contributed by atoms with Crippen LogP contribution in [-0.2, 0) is 0 Å². The largest absolute Gasteiger partial charge is 0.367 e. The molecule has 0 aliphatic carbocycles. The van der Waals surface area contributed by atoms with Gasteiger partial charge in [0, 0.05) is 12.2 Å². The quantitative estimate of drug-likeness (QED) is 0.815. The summed E-state index contributed by atoms with van der Waals surface area (Å²) in [5.74, 6) is 0.988. The highest BCUT2D eigenvalue weighted by molar-refractivity contribution is 5.53. The molecule has 1 aromatic rings. The molecular formula is C13H19N3. The lowest BCUT2D eigenvalue weighted by molar-refractivity contribution is 0.478. The average molecular weight is 217 g/mol. The fourth-order valence-electron chi connectivity index (χ4n) is 2.00. The summed E-state index contributed by atoms with van der Waals surface area (Å²) in [5.41, 5.74) is 1.20. The van der Waals surface area contributed by atoms with E-state index in [-0.39, 0.29) is 0 Å². The van der Waals surface area contributed by atoms with Crippen LogP contribution in [0.25, 0.3) is 6.08 Å². The third-order valence-corrected chi connectivity index (χ3v) is 2.83. The predicted octanol–water partition coefficient (Wildman–Crippen LogP) is 2.28. The number of nitrogens with one attached hydrogen (secondary N) is 2. The van der Waals surface area contributed by atoms with E-state index in [0.717, 1.165) is 18.9 Å². The van der Waals surface area contributed by atoms with E-state index in [1.54, 1.807) is 0 Å².